The van der Waals surface area contributed by atoms with E-state index >= 15 is 0 Å². The molecule has 4 rings (SSSR count). The number of fused-ring (bicyclic) bond motifs is 1. The number of nitrogens with one attached hydrogen (secondary N) is 1. The van der Waals surface area contributed by atoms with Crippen molar-refractivity contribution < 1.29 is 28.6 Å². The number of carbonyl (C=O) groups excluding carboxylic acids is 2. The monoisotopic (exact) mass is 433 g/mol. The molecular formula is C23H19N3O6. The van der Waals surface area contributed by atoms with E-state index in [9.17, 15) is 9.59 Å². The predicted molar refractivity (Wildman–Crippen MR) is 116 cm³/mol. The molecule has 0 aliphatic carbocycles. The van der Waals surface area contributed by atoms with E-state index in [1.807, 2.05) is 0 Å². The first-order chi connectivity index (χ1) is 15.4. The van der Waals surface area contributed by atoms with Crippen LogP contribution in [0.4, 0.5) is 0 Å². The van der Waals surface area contributed by atoms with Crippen LogP contribution < -0.4 is 14.2 Å². The van der Waals surface area contributed by atoms with Gasteiger partial charge in [0.2, 0.25) is 0 Å². The van der Waals surface area contributed by atoms with Crippen molar-refractivity contribution in [2.24, 2.45) is 4.99 Å². The van der Waals surface area contributed by atoms with Crippen molar-refractivity contribution in [3.8, 4) is 17.2 Å². The third kappa shape index (κ3) is 3.95. The molecule has 162 valence electrons. The number of amidine groups is 2. The van der Waals surface area contributed by atoms with Gasteiger partial charge in [0.25, 0.3) is 5.91 Å². The maximum atomic E-state index is 12.5. The number of nitrogens with zero attached hydrogens (tertiary/aromatic N) is 2. The van der Waals surface area contributed by atoms with Crippen molar-refractivity contribution in [1.29, 1.82) is 5.41 Å². The summed E-state index contributed by atoms with van der Waals surface area (Å²) in [4.78, 5) is 34.2. The van der Waals surface area contributed by atoms with Crippen LogP contribution in [-0.4, -0.2) is 42.8 Å². The van der Waals surface area contributed by atoms with Crippen LogP contribution in [0.5, 0.6) is 17.2 Å². The highest BCUT2D eigenvalue weighted by molar-refractivity contribution is 6.32. The minimum atomic E-state index is -0.558. The maximum Gasteiger partial charge on any atom is 0.343 e. The van der Waals surface area contributed by atoms with E-state index in [0.29, 0.717) is 22.6 Å². The highest BCUT2D eigenvalue weighted by atomic mass is 16.7. The first-order valence-electron chi connectivity index (χ1n) is 9.54. The number of esters is 1. The third-order valence-corrected chi connectivity index (χ3v) is 4.71. The molecule has 0 saturated heterocycles. The Labute approximate surface area is 183 Å². The van der Waals surface area contributed by atoms with Crippen LogP contribution in [0.3, 0.4) is 0 Å². The zero-order valence-electron chi connectivity index (χ0n) is 17.5. The Morgan fingerprint density at radius 3 is 2.53 bits per heavy atom. The molecule has 9 nitrogen and oxygen atoms in total. The molecule has 0 spiro atoms. The summed E-state index contributed by atoms with van der Waals surface area (Å²) in [5.74, 6) is 0.698. The van der Waals surface area contributed by atoms with Gasteiger partial charge in [0.15, 0.2) is 23.2 Å². The number of benzene rings is 2. The summed E-state index contributed by atoms with van der Waals surface area (Å²) in [5, 5.41) is 9.47. The van der Waals surface area contributed by atoms with Gasteiger partial charge in [-0.1, -0.05) is 6.07 Å². The maximum absolute atomic E-state index is 12.5. The van der Waals surface area contributed by atoms with Crippen molar-refractivity contribution >= 4 is 29.6 Å². The molecule has 0 radical (unpaired) electrons. The number of hydrogen-bond acceptors (Lipinski definition) is 7. The van der Waals surface area contributed by atoms with Crippen molar-refractivity contribution in [1.82, 2.24) is 5.06 Å². The zero-order valence-corrected chi connectivity index (χ0v) is 17.5. The van der Waals surface area contributed by atoms with Gasteiger partial charge in [-0.05, 0) is 55.0 Å². The second-order valence-electron chi connectivity index (χ2n) is 6.85. The van der Waals surface area contributed by atoms with Crippen LogP contribution >= 0.6 is 0 Å². The van der Waals surface area contributed by atoms with Crippen molar-refractivity contribution in [3.63, 3.8) is 0 Å². The fourth-order valence-electron chi connectivity index (χ4n) is 3.11. The fourth-order valence-corrected chi connectivity index (χ4v) is 3.11. The van der Waals surface area contributed by atoms with E-state index < -0.39 is 11.9 Å². The Kier molecular flexibility index (Phi) is 5.46. The first kappa shape index (κ1) is 20.9. The molecular weight excluding hydrogens is 414 g/mol. The van der Waals surface area contributed by atoms with Crippen molar-refractivity contribution in [2.75, 3.05) is 14.2 Å². The Morgan fingerprint density at radius 1 is 1.09 bits per heavy atom. The van der Waals surface area contributed by atoms with Gasteiger partial charge < -0.3 is 19.0 Å². The summed E-state index contributed by atoms with van der Waals surface area (Å²) in [7, 11) is 2.98. The summed E-state index contributed by atoms with van der Waals surface area (Å²) >= 11 is 0. The molecule has 2 aromatic carbocycles. The predicted octanol–water partition coefficient (Wildman–Crippen LogP) is 3.37. The number of amides is 1. The van der Waals surface area contributed by atoms with E-state index in [-0.39, 0.29) is 28.7 Å². The quantitative estimate of drug-likeness (QED) is 0.437. The first-order valence-corrected chi connectivity index (χ1v) is 9.54. The normalized spacial score (nSPS) is 16.2. The molecule has 1 N–H and O–H groups in total. The average molecular weight is 433 g/mol. The number of hydrogen-bond donors (Lipinski definition) is 1. The topological polar surface area (TPSA) is 111 Å². The van der Waals surface area contributed by atoms with Crippen LogP contribution in [-0.2, 0) is 9.63 Å². The summed E-state index contributed by atoms with van der Waals surface area (Å²) < 4.78 is 15.9. The summed E-state index contributed by atoms with van der Waals surface area (Å²) in [6.07, 6.45) is 3.08. The molecule has 32 heavy (non-hydrogen) atoms. The lowest BCUT2D eigenvalue weighted by Crippen LogP contribution is -2.38. The number of rotatable bonds is 5. The molecule has 2 aromatic rings. The van der Waals surface area contributed by atoms with E-state index in [1.165, 1.54) is 18.2 Å². The second-order valence-corrected chi connectivity index (χ2v) is 6.85. The number of aliphatic imine (C=N–C) groups is 1. The van der Waals surface area contributed by atoms with E-state index in [1.54, 1.807) is 62.6 Å². The zero-order chi connectivity index (χ0) is 22.8. The van der Waals surface area contributed by atoms with Crippen molar-refractivity contribution in [3.05, 3.63) is 71.0 Å². The van der Waals surface area contributed by atoms with Gasteiger partial charge >= 0.3 is 5.97 Å². The lowest BCUT2D eigenvalue weighted by atomic mass is 10.1. The molecule has 1 amide bonds. The molecule has 2 aliphatic heterocycles. The van der Waals surface area contributed by atoms with E-state index in [4.69, 9.17) is 24.5 Å². The Balaban J connectivity index is 1.56. The minimum Gasteiger partial charge on any atom is -0.497 e. The van der Waals surface area contributed by atoms with Gasteiger partial charge in [-0.25, -0.2) is 4.79 Å². The Hall–Kier alpha value is -4.40. The van der Waals surface area contributed by atoms with Gasteiger partial charge in [0.05, 0.1) is 25.4 Å². The molecule has 2 heterocycles. The Morgan fingerprint density at radius 2 is 1.84 bits per heavy atom. The smallest absolute Gasteiger partial charge is 0.343 e. The van der Waals surface area contributed by atoms with Crippen LogP contribution in [0.2, 0.25) is 0 Å². The van der Waals surface area contributed by atoms with Crippen LogP contribution in [0.25, 0.3) is 6.08 Å². The highest BCUT2D eigenvalue weighted by Crippen LogP contribution is 2.31. The molecule has 0 bridgehead atoms. The van der Waals surface area contributed by atoms with Gasteiger partial charge in [-0.3, -0.25) is 10.2 Å². The van der Waals surface area contributed by atoms with E-state index in [0.717, 1.165) is 0 Å². The number of carbonyl (C=O) groups is 2. The summed E-state index contributed by atoms with van der Waals surface area (Å²) in [6, 6.07) is 11.3. The standard InChI is InChI=1S/C23H19N3O6/c1-13-10-20-25-22(27)17(21(24)26(20)32-13)11-14-4-9-18(19(12-14)30-3)31-23(28)15-5-7-16(29-2)8-6-15/h4-12,24H,1-3H3/b17-11+,24-21?. The van der Waals surface area contributed by atoms with E-state index in [2.05, 4.69) is 4.99 Å². The average Bonchev–Trinajstić information content (AvgIpc) is 3.17. The minimum absolute atomic E-state index is 0.0573. The molecule has 0 unspecified atom stereocenters. The lowest BCUT2D eigenvalue weighted by Gasteiger charge is -2.23. The van der Waals surface area contributed by atoms with Crippen LogP contribution in [0.15, 0.2) is 64.9 Å². The molecule has 2 aliphatic rings. The molecule has 0 atom stereocenters. The van der Waals surface area contributed by atoms with Crippen LogP contribution in [0.1, 0.15) is 22.8 Å². The third-order valence-electron chi connectivity index (χ3n) is 4.71. The number of methoxy groups -OCH3 is 2. The molecule has 0 fully saturated rings. The van der Waals surface area contributed by atoms with Gasteiger partial charge in [0, 0.05) is 6.08 Å². The van der Waals surface area contributed by atoms with Crippen molar-refractivity contribution in [2.45, 2.75) is 6.92 Å². The number of ether oxygens (including phenoxy) is 3. The largest absolute Gasteiger partial charge is 0.497 e. The SMILES string of the molecule is COc1ccc(C(=O)Oc2ccc(/C=C3\C(=N)N4OC(C)=CC4=NC3=O)cc2OC)cc1. The molecule has 9 heteroatoms. The fraction of sp³-hybridized carbons (Fsp3) is 0.130. The summed E-state index contributed by atoms with van der Waals surface area (Å²) in [6.45, 7) is 1.71. The summed E-state index contributed by atoms with van der Waals surface area (Å²) in [5.41, 5.74) is 0.965. The second kappa shape index (κ2) is 8.38. The highest BCUT2D eigenvalue weighted by Gasteiger charge is 2.34. The number of allylic oxidation sites excluding steroid dienone is 1. The van der Waals surface area contributed by atoms with Gasteiger partial charge in [-0.2, -0.15) is 4.99 Å². The van der Waals surface area contributed by atoms with Gasteiger partial charge in [-0.15, -0.1) is 5.06 Å². The van der Waals surface area contributed by atoms with Crippen LogP contribution in [0, 0.1) is 5.41 Å². The molecule has 0 saturated carbocycles. The lowest BCUT2D eigenvalue weighted by molar-refractivity contribution is -0.114. The molecule has 0 aromatic heterocycles. The van der Waals surface area contributed by atoms with Gasteiger partial charge in [0.1, 0.15) is 11.5 Å². The number of hydroxylamine groups is 2. The Bertz CT molecular complexity index is 1210.